The first-order valence-electron chi connectivity index (χ1n) is 6.30. The van der Waals surface area contributed by atoms with Gasteiger partial charge in [0.2, 0.25) is 0 Å². The molecule has 0 radical (unpaired) electrons. The minimum atomic E-state index is 0.982. The molecule has 0 aliphatic carbocycles. The molecule has 2 aromatic rings. The Labute approximate surface area is 107 Å². The third-order valence-electron chi connectivity index (χ3n) is 3.59. The molecule has 0 saturated heterocycles. The van der Waals surface area contributed by atoms with Crippen LogP contribution in [-0.4, -0.2) is 28.7 Å². The molecule has 1 aliphatic heterocycles. The Morgan fingerprint density at radius 1 is 1.29 bits per heavy atom. The van der Waals surface area contributed by atoms with E-state index in [1.165, 1.54) is 41.5 Å². The highest BCUT2D eigenvalue weighted by Gasteiger charge is 2.19. The molecular weight excluding hydrogens is 228 g/mol. The summed E-state index contributed by atoms with van der Waals surface area (Å²) in [6, 6.07) is 8.63. The van der Waals surface area contributed by atoms with Crippen molar-refractivity contribution >= 4 is 23.5 Å². The third-order valence-corrected chi connectivity index (χ3v) is 3.91. The maximum Gasteiger partial charge on any atom is 0.0459 e. The van der Waals surface area contributed by atoms with E-state index in [4.69, 9.17) is 0 Å². The molecule has 17 heavy (non-hydrogen) atoms. The number of fused-ring (bicyclic) bond motifs is 3. The molecule has 3 heteroatoms. The lowest BCUT2D eigenvalue weighted by Crippen LogP contribution is -2.31. The van der Waals surface area contributed by atoms with Gasteiger partial charge in [-0.15, -0.1) is 0 Å². The molecule has 1 aromatic heterocycles. The van der Waals surface area contributed by atoms with E-state index in [2.05, 4.69) is 46.8 Å². The molecule has 0 bridgehead atoms. The summed E-state index contributed by atoms with van der Waals surface area (Å²) in [6.45, 7) is 3.42. The van der Waals surface area contributed by atoms with Crippen LogP contribution in [0.5, 0.6) is 0 Å². The minimum Gasteiger partial charge on any atom is -0.357 e. The molecule has 0 saturated carbocycles. The lowest BCUT2D eigenvalue weighted by molar-refractivity contribution is 0.253. The summed E-state index contributed by atoms with van der Waals surface area (Å²) >= 11 is 4.28. The number of para-hydroxylation sites is 1. The Hall–Kier alpha value is -0.930. The zero-order chi connectivity index (χ0) is 11.7. The number of benzene rings is 1. The van der Waals surface area contributed by atoms with Crippen molar-refractivity contribution in [1.82, 2.24) is 9.88 Å². The Balaban J connectivity index is 1.87. The predicted molar refractivity (Wildman–Crippen MR) is 75.7 cm³/mol. The van der Waals surface area contributed by atoms with Gasteiger partial charge in [-0.2, -0.15) is 12.6 Å². The van der Waals surface area contributed by atoms with Crippen molar-refractivity contribution in [2.45, 2.75) is 19.4 Å². The van der Waals surface area contributed by atoms with Crippen molar-refractivity contribution in [3.63, 3.8) is 0 Å². The van der Waals surface area contributed by atoms with E-state index in [-0.39, 0.29) is 0 Å². The first-order chi connectivity index (χ1) is 8.38. The van der Waals surface area contributed by atoms with Gasteiger partial charge in [0.15, 0.2) is 0 Å². The zero-order valence-electron chi connectivity index (χ0n) is 9.95. The summed E-state index contributed by atoms with van der Waals surface area (Å²) in [4.78, 5) is 6.08. The average Bonchev–Trinajstić information content (AvgIpc) is 2.74. The van der Waals surface area contributed by atoms with Gasteiger partial charge < -0.3 is 4.98 Å². The van der Waals surface area contributed by atoms with Crippen molar-refractivity contribution in [1.29, 1.82) is 0 Å². The maximum atomic E-state index is 4.28. The number of aromatic amines is 1. The number of thiol groups is 1. The molecule has 0 amide bonds. The standard InChI is InChI=1S/C14H18N2S/c17-9-3-7-16-8-6-12-11-4-1-2-5-13(11)15-14(12)10-16/h1-2,4-5,15,17H,3,6-10H2. The SMILES string of the molecule is SCCCN1CCc2c([nH]c3ccccc23)C1. The summed E-state index contributed by atoms with van der Waals surface area (Å²) in [7, 11) is 0. The number of nitrogens with one attached hydrogen (secondary N) is 1. The minimum absolute atomic E-state index is 0.982. The van der Waals surface area contributed by atoms with Gasteiger partial charge in [-0.1, -0.05) is 18.2 Å². The average molecular weight is 246 g/mol. The molecule has 1 N–H and O–H groups in total. The monoisotopic (exact) mass is 246 g/mol. The lowest BCUT2D eigenvalue weighted by atomic mass is 10.0. The molecule has 1 aromatic carbocycles. The van der Waals surface area contributed by atoms with Gasteiger partial charge in [0, 0.05) is 29.7 Å². The highest BCUT2D eigenvalue weighted by molar-refractivity contribution is 7.80. The summed E-state index contributed by atoms with van der Waals surface area (Å²) in [6.07, 6.45) is 2.35. The Morgan fingerprint density at radius 3 is 3.06 bits per heavy atom. The first-order valence-corrected chi connectivity index (χ1v) is 6.93. The van der Waals surface area contributed by atoms with Crippen molar-refractivity contribution in [3.05, 3.63) is 35.5 Å². The van der Waals surface area contributed by atoms with E-state index in [0.29, 0.717) is 0 Å². The van der Waals surface area contributed by atoms with Crippen LogP contribution in [0.4, 0.5) is 0 Å². The number of hydrogen-bond donors (Lipinski definition) is 2. The van der Waals surface area contributed by atoms with Crippen LogP contribution in [0.1, 0.15) is 17.7 Å². The Morgan fingerprint density at radius 2 is 2.18 bits per heavy atom. The number of hydrogen-bond acceptors (Lipinski definition) is 2. The molecule has 0 atom stereocenters. The fourth-order valence-corrected chi connectivity index (χ4v) is 2.88. The Bertz CT molecular complexity index is 518. The van der Waals surface area contributed by atoms with Crippen molar-refractivity contribution < 1.29 is 0 Å². The molecule has 1 aliphatic rings. The number of aromatic nitrogens is 1. The summed E-state index contributed by atoms with van der Waals surface area (Å²) < 4.78 is 0. The van der Waals surface area contributed by atoms with Crippen molar-refractivity contribution in [3.8, 4) is 0 Å². The first kappa shape index (κ1) is 11.2. The zero-order valence-corrected chi connectivity index (χ0v) is 10.8. The van der Waals surface area contributed by atoms with Crippen LogP contribution in [0.3, 0.4) is 0 Å². The molecule has 0 spiro atoms. The molecule has 2 nitrogen and oxygen atoms in total. The second-order valence-electron chi connectivity index (χ2n) is 4.73. The maximum absolute atomic E-state index is 4.28. The quantitative estimate of drug-likeness (QED) is 0.797. The van der Waals surface area contributed by atoms with E-state index < -0.39 is 0 Å². The van der Waals surface area contributed by atoms with Gasteiger partial charge in [-0.05, 0) is 36.8 Å². The third kappa shape index (κ3) is 2.09. The predicted octanol–water partition coefficient (Wildman–Crippen LogP) is 2.85. The fraction of sp³-hybridized carbons (Fsp3) is 0.429. The van der Waals surface area contributed by atoms with E-state index >= 15 is 0 Å². The number of rotatable bonds is 3. The highest BCUT2D eigenvalue weighted by Crippen LogP contribution is 2.27. The molecular formula is C14H18N2S. The molecule has 2 heterocycles. The van der Waals surface area contributed by atoms with Gasteiger partial charge in [-0.3, -0.25) is 4.90 Å². The van der Waals surface area contributed by atoms with Crippen LogP contribution >= 0.6 is 12.6 Å². The molecule has 3 rings (SSSR count). The summed E-state index contributed by atoms with van der Waals surface area (Å²) in [5.41, 5.74) is 4.23. The smallest absolute Gasteiger partial charge is 0.0459 e. The second kappa shape index (κ2) is 4.75. The van der Waals surface area contributed by atoms with Gasteiger partial charge in [-0.25, -0.2) is 0 Å². The number of nitrogens with zero attached hydrogens (tertiary/aromatic N) is 1. The molecule has 90 valence electrons. The largest absolute Gasteiger partial charge is 0.357 e. The van der Waals surface area contributed by atoms with Crippen LogP contribution in [0.15, 0.2) is 24.3 Å². The lowest BCUT2D eigenvalue weighted by Gasteiger charge is -2.26. The van der Waals surface area contributed by atoms with Crippen LogP contribution in [-0.2, 0) is 13.0 Å². The van der Waals surface area contributed by atoms with Gasteiger partial charge in [0.05, 0.1) is 0 Å². The van der Waals surface area contributed by atoms with Crippen LogP contribution in [0.25, 0.3) is 10.9 Å². The van der Waals surface area contributed by atoms with Crippen LogP contribution in [0, 0.1) is 0 Å². The van der Waals surface area contributed by atoms with Gasteiger partial charge in [0.1, 0.15) is 0 Å². The Kier molecular flexibility index (Phi) is 3.12. The topological polar surface area (TPSA) is 19.0 Å². The fourth-order valence-electron chi connectivity index (χ4n) is 2.73. The van der Waals surface area contributed by atoms with E-state index in [1.54, 1.807) is 0 Å². The highest BCUT2D eigenvalue weighted by atomic mass is 32.1. The van der Waals surface area contributed by atoms with Crippen molar-refractivity contribution in [2.75, 3.05) is 18.8 Å². The molecule has 0 fully saturated rings. The van der Waals surface area contributed by atoms with Gasteiger partial charge >= 0.3 is 0 Å². The second-order valence-corrected chi connectivity index (χ2v) is 5.18. The number of H-pyrrole nitrogens is 1. The van der Waals surface area contributed by atoms with Crippen LogP contribution in [0.2, 0.25) is 0 Å². The summed E-state index contributed by atoms with van der Waals surface area (Å²) in [5.74, 6) is 0.982. The van der Waals surface area contributed by atoms with Crippen molar-refractivity contribution in [2.24, 2.45) is 0 Å². The normalized spacial score (nSPS) is 16.3. The van der Waals surface area contributed by atoms with Gasteiger partial charge in [0.25, 0.3) is 0 Å². The van der Waals surface area contributed by atoms with E-state index in [1.807, 2.05) is 0 Å². The summed E-state index contributed by atoms with van der Waals surface area (Å²) in [5, 5.41) is 1.41. The van der Waals surface area contributed by atoms with E-state index in [9.17, 15) is 0 Å². The van der Waals surface area contributed by atoms with E-state index in [0.717, 1.165) is 18.8 Å². The molecule has 0 unspecified atom stereocenters. The van der Waals surface area contributed by atoms with Crippen LogP contribution < -0.4 is 0 Å².